The van der Waals surface area contributed by atoms with Gasteiger partial charge in [-0.1, -0.05) is 19.4 Å². The zero-order chi connectivity index (χ0) is 14.3. The highest BCUT2D eigenvalue weighted by Crippen LogP contribution is 2.15. The fourth-order valence-electron chi connectivity index (χ4n) is 1.55. The Morgan fingerprint density at radius 2 is 2.16 bits per heavy atom. The van der Waals surface area contributed by atoms with Gasteiger partial charge in [-0.2, -0.15) is 0 Å². The first kappa shape index (κ1) is 15.2. The van der Waals surface area contributed by atoms with Crippen molar-refractivity contribution in [3.63, 3.8) is 0 Å². The summed E-state index contributed by atoms with van der Waals surface area (Å²) in [4.78, 5) is 11.4. The predicted octanol–water partition coefficient (Wildman–Crippen LogP) is 1.49. The summed E-state index contributed by atoms with van der Waals surface area (Å²) in [6.07, 6.45) is 0.919. The first-order valence-electron chi connectivity index (χ1n) is 6.20. The predicted molar refractivity (Wildman–Crippen MR) is 69.2 cm³/mol. The number of aliphatic hydroxyl groups excluding tert-OH is 1. The first-order chi connectivity index (χ1) is 9.02. The SMILES string of the molecule is CCCC(O)CNC(=O)NCc1ccc(O)c(F)c1. The minimum absolute atomic E-state index is 0.146. The summed E-state index contributed by atoms with van der Waals surface area (Å²) in [5, 5.41) is 23.5. The number of amides is 2. The van der Waals surface area contributed by atoms with Crippen molar-refractivity contribution in [3.8, 4) is 5.75 Å². The number of aromatic hydroxyl groups is 1. The summed E-state index contributed by atoms with van der Waals surface area (Å²) in [6.45, 7) is 2.28. The van der Waals surface area contributed by atoms with Gasteiger partial charge >= 0.3 is 6.03 Å². The lowest BCUT2D eigenvalue weighted by Crippen LogP contribution is -2.39. The molecule has 1 atom stereocenters. The summed E-state index contributed by atoms with van der Waals surface area (Å²) in [6, 6.07) is 3.48. The van der Waals surface area contributed by atoms with E-state index in [1.54, 1.807) is 0 Å². The number of carbonyl (C=O) groups is 1. The summed E-state index contributed by atoms with van der Waals surface area (Å²) in [5.74, 6) is -1.14. The van der Waals surface area contributed by atoms with Crippen LogP contribution in [0.25, 0.3) is 0 Å². The quantitative estimate of drug-likeness (QED) is 0.632. The van der Waals surface area contributed by atoms with Crippen molar-refractivity contribution in [2.24, 2.45) is 0 Å². The van der Waals surface area contributed by atoms with Crippen molar-refractivity contribution in [1.82, 2.24) is 10.6 Å². The van der Waals surface area contributed by atoms with E-state index in [0.717, 1.165) is 12.5 Å². The number of urea groups is 1. The number of halogens is 1. The Morgan fingerprint density at radius 3 is 2.79 bits per heavy atom. The Bertz CT molecular complexity index is 426. The second-order valence-corrected chi connectivity index (χ2v) is 4.29. The molecule has 5 nitrogen and oxygen atoms in total. The molecule has 0 aliphatic carbocycles. The Labute approximate surface area is 111 Å². The molecule has 0 aliphatic heterocycles. The largest absolute Gasteiger partial charge is 0.505 e. The van der Waals surface area contributed by atoms with Crippen molar-refractivity contribution < 1.29 is 19.4 Å². The van der Waals surface area contributed by atoms with Crippen LogP contribution in [0.15, 0.2) is 18.2 Å². The van der Waals surface area contributed by atoms with Crippen LogP contribution in [0.1, 0.15) is 25.3 Å². The van der Waals surface area contributed by atoms with Gasteiger partial charge in [0.05, 0.1) is 6.10 Å². The molecule has 0 radical (unpaired) electrons. The molecule has 0 aromatic heterocycles. The Balaban J connectivity index is 2.31. The maximum Gasteiger partial charge on any atom is 0.315 e. The highest BCUT2D eigenvalue weighted by atomic mass is 19.1. The summed E-state index contributed by atoms with van der Waals surface area (Å²) >= 11 is 0. The number of benzene rings is 1. The highest BCUT2D eigenvalue weighted by Gasteiger charge is 2.06. The molecule has 0 spiro atoms. The summed E-state index contributed by atoms with van der Waals surface area (Å²) in [7, 11) is 0. The van der Waals surface area contributed by atoms with Crippen LogP contribution in [-0.2, 0) is 6.54 Å². The topological polar surface area (TPSA) is 81.6 Å². The number of aliphatic hydroxyl groups is 1. The molecule has 1 rings (SSSR count). The maximum absolute atomic E-state index is 13.0. The molecule has 1 unspecified atom stereocenters. The summed E-state index contributed by atoms with van der Waals surface area (Å²) < 4.78 is 13.0. The average Bonchev–Trinajstić information content (AvgIpc) is 2.38. The number of nitrogens with one attached hydrogen (secondary N) is 2. The van der Waals surface area contributed by atoms with Crippen molar-refractivity contribution in [3.05, 3.63) is 29.6 Å². The van der Waals surface area contributed by atoms with Gasteiger partial charge in [0.2, 0.25) is 0 Å². The Kier molecular flexibility index (Phi) is 6.08. The molecule has 0 aliphatic rings. The fraction of sp³-hybridized carbons (Fsp3) is 0.462. The lowest BCUT2D eigenvalue weighted by atomic mass is 10.2. The van der Waals surface area contributed by atoms with Gasteiger partial charge in [-0.15, -0.1) is 0 Å². The zero-order valence-electron chi connectivity index (χ0n) is 10.8. The van der Waals surface area contributed by atoms with E-state index in [-0.39, 0.29) is 13.1 Å². The average molecular weight is 270 g/mol. The van der Waals surface area contributed by atoms with Crippen LogP contribution in [0.3, 0.4) is 0 Å². The molecule has 19 heavy (non-hydrogen) atoms. The van der Waals surface area contributed by atoms with Gasteiger partial charge in [0.25, 0.3) is 0 Å². The van der Waals surface area contributed by atoms with Crippen molar-refractivity contribution >= 4 is 6.03 Å². The van der Waals surface area contributed by atoms with Gasteiger partial charge in [-0.05, 0) is 24.1 Å². The van der Waals surface area contributed by atoms with Gasteiger partial charge < -0.3 is 20.8 Å². The minimum atomic E-state index is -0.724. The third-order valence-corrected chi connectivity index (χ3v) is 2.59. The molecule has 106 valence electrons. The van der Waals surface area contributed by atoms with E-state index in [4.69, 9.17) is 5.11 Å². The first-order valence-corrected chi connectivity index (χ1v) is 6.20. The molecule has 4 N–H and O–H groups in total. The minimum Gasteiger partial charge on any atom is -0.505 e. The van der Waals surface area contributed by atoms with Gasteiger partial charge in [0, 0.05) is 13.1 Å². The van der Waals surface area contributed by atoms with E-state index >= 15 is 0 Å². The van der Waals surface area contributed by atoms with Crippen LogP contribution >= 0.6 is 0 Å². The van der Waals surface area contributed by atoms with Gasteiger partial charge in [0.15, 0.2) is 11.6 Å². The molecule has 1 aromatic rings. The second kappa shape index (κ2) is 7.58. The van der Waals surface area contributed by atoms with Crippen LogP contribution in [0, 0.1) is 5.82 Å². The highest BCUT2D eigenvalue weighted by molar-refractivity contribution is 5.73. The van der Waals surface area contributed by atoms with E-state index in [1.807, 2.05) is 6.92 Å². The fourth-order valence-corrected chi connectivity index (χ4v) is 1.55. The van der Waals surface area contributed by atoms with Crippen LogP contribution in [0.2, 0.25) is 0 Å². The molecule has 1 aromatic carbocycles. The number of hydrogen-bond donors (Lipinski definition) is 4. The second-order valence-electron chi connectivity index (χ2n) is 4.29. The Hall–Kier alpha value is -1.82. The molecule has 0 bridgehead atoms. The Morgan fingerprint density at radius 1 is 1.42 bits per heavy atom. The zero-order valence-corrected chi connectivity index (χ0v) is 10.8. The van der Waals surface area contributed by atoms with E-state index in [2.05, 4.69) is 10.6 Å². The molecule has 0 saturated heterocycles. The number of phenols is 1. The number of hydrogen-bond acceptors (Lipinski definition) is 3. The van der Waals surface area contributed by atoms with Crippen LogP contribution in [0.4, 0.5) is 9.18 Å². The van der Waals surface area contributed by atoms with Crippen LogP contribution < -0.4 is 10.6 Å². The van der Waals surface area contributed by atoms with Gasteiger partial charge in [-0.25, -0.2) is 9.18 Å². The van der Waals surface area contributed by atoms with Crippen molar-refractivity contribution in [2.45, 2.75) is 32.4 Å². The molecule has 0 heterocycles. The van der Waals surface area contributed by atoms with E-state index in [9.17, 15) is 14.3 Å². The molecular formula is C13H19FN2O3. The van der Waals surface area contributed by atoms with Crippen LogP contribution in [0.5, 0.6) is 5.75 Å². The normalized spacial score (nSPS) is 11.9. The number of rotatable bonds is 6. The molecule has 2 amide bonds. The summed E-state index contributed by atoms with van der Waals surface area (Å²) in [5.41, 5.74) is 0.541. The molecular weight excluding hydrogens is 251 g/mol. The van der Waals surface area contributed by atoms with Crippen molar-refractivity contribution in [1.29, 1.82) is 0 Å². The number of phenolic OH excluding ortho intramolecular Hbond substituents is 1. The smallest absolute Gasteiger partial charge is 0.315 e. The standard InChI is InChI=1S/C13H19FN2O3/c1-2-3-10(17)8-16-13(19)15-7-9-4-5-12(18)11(14)6-9/h4-6,10,17-18H,2-3,7-8H2,1H3,(H2,15,16,19). The van der Waals surface area contributed by atoms with Gasteiger partial charge in [-0.3, -0.25) is 0 Å². The molecule has 0 fully saturated rings. The number of carbonyl (C=O) groups excluding carboxylic acids is 1. The van der Waals surface area contributed by atoms with Crippen molar-refractivity contribution in [2.75, 3.05) is 6.54 Å². The van der Waals surface area contributed by atoms with E-state index in [1.165, 1.54) is 12.1 Å². The third-order valence-electron chi connectivity index (χ3n) is 2.59. The molecule has 0 saturated carbocycles. The monoisotopic (exact) mass is 270 g/mol. The lowest BCUT2D eigenvalue weighted by molar-refractivity contribution is 0.160. The van der Waals surface area contributed by atoms with Gasteiger partial charge in [0.1, 0.15) is 0 Å². The maximum atomic E-state index is 13.0. The van der Waals surface area contributed by atoms with E-state index in [0.29, 0.717) is 12.0 Å². The third kappa shape index (κ3) is 5.56. The lowest BCUT2D eigenvalue weighted by Gasteiger charge is -2.11. The van der Waals surface area contributed by atoms with Crippen LogP contribution in [-0.4, -0.2) is 28.9 Å². The van der Waals surface area contributed by atoms with E-state index < -0.39 is 23.7 Å². The molecule has 6 heteroatoms.